The number of nitrogens with one attached hydrogen (secondary N) is 1. The van der Waals surface area contributed by atoms with Crippen molar-refractivity contribution in [3.05, 3.63) is 20.4 Å². The molecule has 0 aromatic heterocycles. The minimum Gasteiger partial charge on any atom is -0.444 e. The van der Waals surface area contributed by atoms with Crippen molar-refractivity contribution in [2.75, 3.05) is 30.3 Å². The van der Waals surface area contributed by atoms with Crippen LogP contribution >= 0.6 is 0 Å². The summed E-state index contributed by atoms with van der Waals surface area (Å²) in [5.41, 5.74) is 4.38. The van der Waals surface area contributed by atoms with E-state index in [-0.39, 0.29) is 11.6 Å². The second-order valence-corrected chi connectivity index (χ2v) is 6.76. The lowest BCUT2D eigenvalue weighted by atomic mass is 9.96. The molecule has 7 heteroatoms. The normalized spacial score (nSPS) is 19.2. The number of carbonyl (C=O) groups is 1. The number of carbonyl (C=O) groups excluding carboxylic acids is 1. The van der Waals surface area contributed by atoms with Gasteiger partial charge in [0.1, 0.15) is 17.0 Å². The molecule has 3 N–H and O–H groups in total. The minimum absolute atomic E-state index is 0.0609. The summed E-state index contributed by atoms with van der Waals surface area (Å²) in [6.45, 7) is 7.21. The van der Waals surface area contributed by atoms with Crippen LogP contribution in [0.5, 0.6) is 0 Å². The van der Waals surface area contributed by atoms with E-state index in [1.165, 1.54) is 0 Å². The van der Waals surface area contributed by atoms with Crippen LogP contribution in [0.15, 0.2) is 9.59 Å². The second-order valence-electron chi connectivity index (χ2n) is 6.76. The SMILES string of the molecule is CC(C)(C)OC(=O)NCC1CCCN(c2c(N)c(=O)c2=O)C1. The smallest absolute Gasteiger partial charge is 0.407 e. The van der Waals surface area contributed by atoms with Gasteiger partial charge in [0.2, 0.25) is 0 Å². The maximum atomic E-state index is 11.7. The molecule has 1 unspecified atom stereocenters. The third-order valence-corrected chi connectivity index (χ3v) is 3.69. The van der Waals surface area contributed by atoms with Crippen molar-refractivity contribution in [2.45, 2.75) is 39.2 Å². The van der Waals surface area contributed by atoms with Crippen LogP contribution in [0.2, 0.25) is 0 Å². The Kier molecular flexibility index (Phi) is 4.44. The average Bonchev–Trinajstić information content (AvgIpc) is 2.43. The molecule has 1 heterocycles. The number of alkyl carbamates (subject to hydrolysis) is 1. The first-order chi connectivity index (χ1) is 10.2. The van der Waals surface area contributed by atoms with Gasteiger partial charge in [0.15, 0.2) is 0 Å². The van der Waals surface area contributed by atoms with E-state index in [2.05, 4.69) is 5.32 Å². The number of hydrogen-bond donors (Lipinski definition) is 2. The van der Waals surface area contributed by atoms with Crippen LogP contribution in [0.1, 0.15) is 33.6 Å². The molecule has 0 radical (unpaired) electrons. The van der Waals surface area contributed by atoms with E-state index < -0.39 is 22.6 Å². The molecule has 0 aliphatic carbocycles. The van der Waals surface area contributed by atoms with Gasteiger partial charge in [0.05, 0.1) is 0 Å². The number of amides is 1. The monoisotopic (exact) mass is 309 g/mol. The van der Waals surface area contributed by atoms with Crippen molar-refractivity contribution in [3.63, 3.8) is 0 Å². The van der Waals surface area contributed by atoms with Crippen LogP contribution in [0.3, 0.4) is 0 Å². The third kappa shape index (κ3) is 3.58. The van der Waals surface area contributed by atoms with E-state index in [4.69, 9.17) is 10.5 Å². The predicted octanol–water partition coefficient (Wildman–Crippen LogP) is 0.606. The highest BCUT2D eigenvalue weighted by Gasteiger charge is 2.28. The summed E-state index contributed by atoms with van der Waals surface area (Å²) in [5.74, 6) is 0.199. The van der Waals surface area contributed by atoms with Gasteiger partial charge < -0.3 is 20.7 Å². The Hall–Kier alpha value is -2.05. The van der Waals surface area contributed by atoms with Gasteiger partial charge >= 0.3 is 6.09 Å². The van der Waals surface area contributed by atoms with Crippen molar-refractivity contribution in [1.82, 2.24) is 5.32 Å². The van der Waals surface area contributed by atoms with Crippen LogP contribution in [0.4, 0.5) is 16.2 Å². The first kappa shape index (κ1) is 16.3. The molecule has 2 rings (SSSR count). The number of nitrogens with two attached hydrogens (primary N) is 1. The molecule has 1 amide bonds. The highest BCUT2D eigenvalue weighted by Crippen LogP contribution is 2.24. The van der Waals surface area contributed by atoms with Gasteiger partial charge in [0.25, 0.3) is 10.9 Å². The molecule has 7 nitrogen and oxygen atoms in total. The highest BCUT2D eigenvalue weighted by atomic mass is 16.6. The number of anilines is 2. The summed E-state index contributed by atoms with van der Waals surface area (Å²) >= 11 is 0. The molecular weight excluding hydrogens is 286 g/mol. The summed E-state index contributed by atoms with van der Waals surface area (Å²) in [6.07, 6.45) is 1.39. The predicted molar refractivity (Wildman–Crippen MR) is 84.9 cm³/mol. The molecule has 0 saturated carbocycles. The van der Waals surface area contributed by atoms with Gasteiger partial charge in [-0.25, -0.2) is 4.79 Å². The topological polar surface area (TPSA) is 102 Å². The van der Waals surface area contributed by atoms with Gasteiger partial charge in [-0.2, -0.15) is 0 Å². The molecule has 22 heavy (non-hydrogen) atoms. The Labute approximate surface area is 129 Å². The molecule has 1 aliphatic heterocycles. The molecule has 1 atom stereocenters. The van der Waals surface area contributed by atoms with Crippen LogP contribution in [-0.4, -0.2) is 31.3 Å². The average molecular weight is 309 g/mol. The van der Waals surface area contributed by atoms with Gasteiger partial charge in [-0.1, -0.05) is 0 Å². The molecular formula is C15H23N3O4. The molecule has 1 fully saturated rings. The van der Waals surface area contributed by atoms with Crippen molar-refractivity contribution >= 4 is 17.5 Å². The zero-order valence-corrected chi connectivity index (χ0v) is 13.3. The van der Waals surface area contributed by atoms with Gasteiger partial charge in [-0.15, -0.1) is 0 Å². The number of nitrogens with zero attached hydrogens (tertiary/aromatic N) is 1. The molecule has 1 aliphatic rings. The van der Waals surface area contributed by atoms with E-state index in [0.29, 0.717) is 25.3 Å². The fourth-order valence-electron chi connectivity index (χ4n) is 2.69. The Balaban J connectivity index is 1.88. The van der Waals surface area contributed by atoms with Gasteiger partial charge in [-0.05, 0) is 39.5 Å². The Morgan fingerprint density at radius 1 is 1.36 bits per heavy atom. The standard InChI is InChI=1S/C15H23N3O4/c1-15(2,3)22-14(21)17-7-9-5-4-6-18(8-9)11-10(16)12(19)13(11)20/h9H,4-8,16H2,1-3H3,(H,17,21). The van der Waals surface area contributed by atoms with Crippen molar-refractivity contribution in [3.8, 4) is 0 Å². The maximum Gasteiger partial charge on any atom is 0.407 e. The van der Waals surface area contributed by atoms with E-state index in [0.717, 1.165) is 12.8 Å². The summed E-state index contributed by atoms with van der Waals surface area (Å²) in [7, 11) is 0. The Morgan fingerprint density at radius 3 is 2.64 bits per heavy atom. The lowest BCUT2D eigenvalue weighted by Gasteiger charge is -2.35. The summed E-state index contributed by atoms with van der Waals surface area (Å²) in [4.78, 5) is 36.3. The zero-order valence-electron chi connectivity index (χ0n) is 13.3. The molecule has 0 spiro atoms. The number of hydrogen-bond acceptors (Lipinski definition) is 6. The largest absolute Gasteiger partial charge is 0.444 e. The Morgan fingerprint density at radius 2 is 2.05 bits per heavy atom. The molecule has 1 aromatic rings. The Bertz CT molecular complexity index is 625. The van der Waals surface area contributed by atoms with Crippen LogP contribution in [-0.2, 0) is 4.74 Å². The number of rotatable bonds is 3. The molecule has 122 valence electrons. The number of piperidine rings is 1. The van der Waals surface area contributed by atoms with E-state index in [1.54, 1.807) is 0 Å². The number of ether oxygens (including phenoxy) is 1. The molecule has 0 bridgehead atoms. The summed E-state index contributed by atoms with van der Waals surface area (Å²) in [6, 6.07) is 0. The molecule has 1 saturated heterocycles. The highest BCUT2D eigenvalue weighted by molar-refractivity contribution is 5.72. The van der Waals surface area contributed by atoms with E-state index >= 15 is 0 Å². The fourth-order valence-corrected chi connectivity index (χ4v) is 2.69. The lowest BCUT2D eigenvalue weighted by molar-refractivity contribution is 0.0517. The minimum atomic E-state index is -0.594. The van der Waals surface area contributed by atoms with Gasteiger partial charge in [-0.3, -0.25) is 9.59 Å². The van der Waals surface area contributed by atoms with Crippen molar-refractivity contribution in [2.24, 2.45) is 5.92 Å². The fraction of sp³-hybridized carbons (Fsp3) is 0.667. The van der Waals surface area contributed by atoms with E-state index in [1.807, 2.05) is 25.7 Å². The quantitative estimate of drug-likeness (QED) is 0.793. The van der Waals surface area contributed by atoms with Crippen LogP contribution in [0.25, 0.3) is 0 Å². The van der Waals surface area contributed by atoms with Crippen LogP contribution in [0, 0.1) is 5.92 Å². The lowest BCUT2D eigenvalue weighted by Crippen LogP contribution is -2.48. The van der Waals surface area contributed by atoms with Crippen molar-refractivity contribution < 1.29 is 9.53 Å². The van der Waals surface area contributed by atoms with Gasteiger partial charge in [0, 0.05) is 19.6 Å². The summed E-state index contributed by atoms with van der Waals surface area (Å²) in [5, 5.41) is 2.75. The second kappa shape index (κ2) is 5.98. The maximum absolute atomic E-state index is 11.7. The first-order valence-corrected chi connectivity index (χ1v) is 7.49. The third-order valence-electron chi connectivity index (χ3n) is 3.69. The zero-order chi connectivity index (χ0) is 16.5. The number of nitrogen functional groups attached to an aromatic ring is 1. The first-order valence-electron chi connectivity index (χ1n) is 7.49. The molecule has 1 aromatic carbocycles. The van der Waals surface area contributed by atoms with E-state index in [9.17, 15) is 14.4 Å². The summed E-state index contributed by atoms with van der Waals surface area (Å²) < 4.78 is 5.19. The van der Waals surface area contributed by atoms with Crippen LogP contribution < -0.4 is 26.8 Å². The van der Waals surface area contributed by atoms with Crippen molar-refractivity contribution in [1.29, 1.82) is 0 Å².